The van der Waals surface area contributed by atoms with Crippen LogP contribution >= 0.6 is 0 Å². The number of H-pyrrole nitrogens is 1. The van der Waals surface area contributed by atoms with E-state index in [0.29, 0.717) is 28.6 Å². The van der Waals surface area contributed by atoms with Crippen LogP contribution in [0.3, 0.4) is 0 Å². The van der Waals surface area contributed by atoms with E-state index >= 15 is 0 Å². The highest BCUT2D eigenvalue weighted by Crippen LogP contribution is 2.26. The van der Waals surface area contributed by atoms with Crippen LogP contribution in [-0.4, -0.2) is 41.0 Å². The first kappa shape index (κ1) is 23.1. The molecule has 6 heteroatoms. The van der Waals surface area contributed by atoms with Crippen LogP contribution in [0.2, 0.25) is 0 Å². The third kappa shape index (κ3) is 5.56. The molecule has 1 aromatic carbocycles. The zero-order valence-corrected chi connectivity index (χ0v) is 19.4. The monoisotopic (exact) mass is 425 g/mol. The third-order valence-electron chi connectivity index (χ3n) is 6.09. The molecule has 0 radical (unpaired) electrons. The lowest BCUT2D eigenvalue weighted by molar-refractivity contribution is 0.0376. The highest BCUT2D eigenvalue weighted by molar-refractivity contribution is 6.07. The molecule has 1 aliphatic carbocycles. The number of hydrogen-bond donors (Lipinski definition) is 2. The maximum absolute atomic E-state index is 13.1. The molecule has 0 unspecified atom stereocenters. The fraction of sp³-hybridized carbons (Fsp3) is 0.520. The third-order valence-corrected chi connectivity index (χ3v) is 6.09. The van der Waals surface area contributed by atoms with Gasteiger partial charge in [-0.1, -0.05) is 37.5 Å². The number of para-hydroxylation sites is 1. The molecule has 0 aliphatic heterocycles. The van der Waals surface area contributed by atoms with Crippen LogP contribution < -0.4 is 5.32 Å². The second kappa shape index (κ2) is 10.1. The summed E-state index contributed by atoms with van der Waals surface area (Å²) in [5.74, 6) is -0.660. The van der Waals surface area contributed by atoms with E-state index in [4.69, 9.17) is 4.74 Å². The molecule has 0 bridgehead atoms. The molecule has 3 rings (SSSR count). The summed E-state index contributed by atoms with van der Waals surface area (Å²) in [6, 6.07) is 8.52. The Hall–Kier alpha value is -2.60. The van der Waals surface area contributed by atoms with E-state index in [-0.39, 0.29) is 12.0 Å². The predicted octanol–water partition coefficient (Wildman–Crippen LogP) is 5.21. The number of aryl methyl sites for hydroxylation is 1. The first-order valence-electron chi connectivity index (χ1n) is 11.3. The van der Waals surface area contributed by atoms with Crippen LogP contribution in [-0.2, 0) is 11.3 Å². The molecule has 1 amide bonds. The lowest BCUT2D eigenvalue weighted by Crippen LogP contribution is -2.33. The van der Waals surface area contributed by atoms with Gasteiger partial charge in [0.15, 0.2) is 0 Å². The van der Waals surface area contributed by atoms with Crippen molar-refractivity contribution < 1.29 is 14.3 Å². The molecule has 1 fully saturated rings. The number of esters is 1. The van der Waals surface area contributed by atoms with E-state index in [1.807, 2.05) is 32.0 Å². The van der Waals surface area contributed by atoms with Gasteiger partial charge < -0.3 is 15.0 Å². The first-order chi connectivity index (χ1) is 14.8. The topological polar surface area (TPSA) is 74.4 Å². The molecule has 1 aliphatic rings. The zero-order valence-electron chi connectivity index (χ0n) is 19.4. The Balaban J connectivity index is 1.76. The van der Waals surface area contributed by atoms with E-state index in [0.717, 1.165) is 17.8 Å². The van der Waals surface area contributed by atoms with E-state index in [9.17, 15) is 9.59 Å². The summed E-state index contributed by atoms with van der Waals surface area (Å²) in [5.41, 5.74) is 3.96. The minimum Gasteiger partial charge on any atom is -0.459 e. The Morgan fingerprint density at radius 3 is 2.52 bits per heavy atom. The van der Waals surface area contributed by atoms with Gasteiger partial charge in [-0.3, -0.25) is 9.69 Å². The number of amides is 1. The van der Waals surface area contributed by atoms with Gasteiger partial charge in [0, 0.05) is 24.0 Å². The summed E-state index contributed by atoms with van der Waals surface area (Å²) in [7, 11) is 2.17. The number of ether oxygens (including phenoxy) is 1. The van der Waals surface area contributed by atoms with E-state index in [1.165, 1.54) is 32.1 Å². The average molecular weight is 426 g/mol. The smallest absolute Gasteiger partial charge is 0.340 e. The van der Waals surface area contributed by atoms with E-state index < -0.39 is 5.97 Å². The number of carbonyl (C=O) groups excluding carboxylic acids is 2. The fourth-order valence-corrected chi connectivity index (χ4v) is 4.44. The maximum Gasteiger partial charge on any atom is 0.340 e. The SMILES string of the molecule is Cc1[nH]c(C(=O)Nc2ccccc2CN(C)C2CCCCC2)c(C)c1C(=O)OC(C)C. The summed E-state index contributed by atoms with van der Waals surface area (Å²) in [5, 5.41) is 3.05. The van der Waals surface area contributed by atoms with Gasteiger partial charge in [-0.25, -0.2) is 4.79 Å². The standard InChI is InChI=1S/C25H35N3O3/c1-16(2)31-25(30)22-17(3)23(26-18(22)4)24(29)27-21-14-10-9-11-19(21)15-28(5)20-12-7-6-8-13-20/h9-11,14,16,20,26H,6-8,12-13,15H2,1-5H3,(H,27,29). The van der Waals surface area contributed by atoms with E-state index in [2.05, 4.69) is 28.3 Å². The Morgan fingerprint density at radius 2 is 1.84 bits per heavy atom. The average Bonchev–Trinajstić information content (AvgIpc) is 3.03. The molecule has 6 nitrogen and oxygen atoms in total. The van der Waals surface area contributed by atoms with Gasteiger partial charge >= 0.3 is 5.97 Å². The number of anilines is 1. The lowest BCUT2D eigenvalue weighted by Gasteiger charge is -2.31. The Labute approximate surface area is 185 Å². The Kier molecular flexibility index (Phi) is 7.55. The molecule has 2 N–H and O–H groups in total. The van der Waals surface area contributed by atoms with Gasteiger partial charge in [0.05, 0.1) is 11.7 Å². The van der Waals surface area contributed by atoms with Crippen molar-refractivity contribution in [3.05, 3.63) is 52.3 Å². The summed E-state index contributed by atoms with van der Waals surface area (Å²) in [4.78, 5) is 31.0. The number of aromatic nitrogens is 1. The minimum absolute atomic E-state index is 0.216. The number of nitrogens with one attached hydrogen (secondary N) is 2. The van der Waals surface area contributed by atoms with Gasteiger partial charge in [0.1, 0.15) is 5.69 Å². The second-order valence-electron chi connectivity index (χ2n) is 8.90. The van der Waals surface area contributed by atoms with Gasteiger partial charge in [0.2, 0.25) is 0 Å². The van der Waals surface area contributed by atoms with Crippen LogP contribution in [0.1, 0.15) is 83.6 Å². The van der Waals surface area contributed by atoms with Gasteiger partial charge in [0.25, 0.3) is 5.91 Å². The number of aromatic amines is 1. The van der Waals surface area contributed by atoms with Crippen molar-refractivity contribution in [2.45, 2.75) is 78.5 Å². The van der Waals surface area contributed by atoms with Crippen LogP contribution in [0.4, 0.5) is 5.69 Å². The lowest BCUT2D eigenvalue weighted by atomic mass is 9.94. The van der Waals surface area contributed by atoms with E-state index in [1.54, 1.807) is 13.8 Å². The predicted molar refractivity (Wildman–Crippen MR) is 124 cm³/mol. The van der Waals surface area contributed by atoms with Crippen LogP contribution in [0.5, 0.6) is 0 Å². The quantitative estimate of drug-likeness (QED) is 0.597. The minimum atomic E-state index is -0.408. The molecule has 1 heterocycles. The van der Waals surface area contributed by atoms with Crippen molar-refractivity contribution in [2.24, 2.45) is 0 Å². The van der Waals surface area contributed by atoms with Crippen molar-refractivity contribution >= 4 is 17.6 Å². The maximum atomic E-state index is 13.1. The van der Waals surface area contributed by atoms with Gasteiger partial charge in [-0.05, 0) is 64.8 Å². The number of rotatable bonds is 7. The molecule has 1 saturated carbocycles. The van der Waals surface area contributed by atoms with Crippen molar-refractivity contribution in [2.75, 3.05) is 12.4 Å². The largest absolute Gasteiger partial charge is 0.459 e. The van der Waals surface area contributed by atoms with Crippen molar-refractivity contribution in [1.29, 1.82) is 0 Å². The van der Waals surface area contributed by atoms with Crippen molar-refractivity contribution in [3.63, 3.8) is 0 Å². The second-order valence-corrected chi connectivity index (χ2v) is 8.90. The summed E-state index contributed by atoms with van der Waals surface area (Å²) in [6.45, 7) is 7.97. The Bertz CT molecular complexity index is 926. The summed E-state index contributed by atoms with van der Waals surface area (Å²) >= 11 is 0. The number of benzene rings is 1. The van der Waals surface area contributed by atoms with Crippen molar-refractivity contribution in [1.82, 2.24) is 9.88 Å². The molecule has 1 aromatic heterocycles. The van der Waals surface area contributed by atoms with Gasteiger partial charge in [-0.2, -0.15) is 0 Å². The number of hydrogen-bond acceptors (Lipinski definition) is 4. The first-order valence-corrected chi connectivity index (χ1v) is 11.3. The molecule has 0 spiro atoms. The number of carbonyl (C=O) groups is 2. The molecule has 0 atom stereocenters. The summed E-state index contributed by atoms with van der Waals surface area (Å²) in [6.07, 6.45) is 6.17. The highest BCUT2D eigenvalue weighted by atomic mass is 16.5. The fourth-order valence-electron chi connectivity index (χ4n) is 4.44. The molecule has 2 aromatic rings. The molecule has 31 heavy (non-hydrogen) atoms. The molecule has 0 saturated heterocycles. The van der Waals surface area contributed by atoms with Crippen LogP contribution in [0, 0.1) is 13.8 Å². The highest BCUT2D eigenvalue weighted by Gasteiger charge is 2.24. The molecule has 168 valence electrons. The van der Waals surface area contributed by atoms with Gasteiger partial charge in [-0.15, -0.1) is 0 Å². The summed E-state index contributed by atoms with van der Waals surface area (Å²) < 4.78 is 5.33. The Morgan fingerprint density at radius 1 is 1.16 bits per heavy atom. The van der Waals surface area contributed by atoms with Crippen molar-refractivity contribution in [3.8, 4) is 0 Å². The van der Waals surface area contributed by atoms with Crippen LogP contribution in [0.15, 0.2) is 24.3 Å². The molecular formula is C25H35N3O3. The molecular weight excluding hydrogens is 390 g/mol. The number of nitrogens with zero attached hydrogens (tertiary/aromatic N) is 1. The van der Waals surface area contributed by atoms with Crippen LogP contribution in [0.25, 0.3) is 0 Å². The normalized spacial score (nSPS) is 14.8. The zero-order chi connectivity index (χ0) is 22.5.